The van der Waals surface area contributed by atoms with Crippen LogP contribution < -0.4 is 0 Å². The third kappa shape index (κ3) is 3.06. The summed E-state index contributed by atoms with van der Waals surface area (Å²) in [6.07, 6.45) is 5.05. The Hall–Kier alpha value is -1.14. The van der Waals surface area contributed by atoms with Gasteiger partial charge >= 0.3 is 5.97 Å². The van der Waals surface area contributed by atoms with Crippen molar-refractivity contribution in [3.05, 3.63) is 16.8 Å². The number of carbonyl (C=O) groups excluding carboxylic acids is 1. The fourth-order valence-corrected chi connectivity index (χ4v) is 4.92. The topological polar surface area (TPSA) is 52.1 Å². The first-order chi connectivity index (χ1) is 10.2. The van der Waals surface area contributed by atoms with Crippen molar-refractivity contribution in [3.8, 4) is 0 Å². The number of thiophene rings is 1. The van der Waals surface area contributed by atoms with Crippen molar-refractivity contribution in [2.75, 3.05) is 12.4 Å². The Morgan fingerprint density at radius 1 is 1.52 bits per heavy atom. The van der Waals surface area contributed by atoms with Crippen molar-refractivity contribution in [2.24, 2.45) is 5.92 Å². The van der Waals surface area contributed by atoms with E-state index in [2.05, 4.69) is 16.9 Å². The Morgan fingerprint density at radius 2 is 2.38 bits per heavy atom. The van der Waals surface area contributed by atoms with Gasteiger partial charge in [0.15, 0.2) is 0 Å². The molecule has 2 aromatic rings. The molecule has 0 saturated carbocycles. The Labute approximate surface area is 132 Å². The van der Waals surface area contributed by atoms with Gasteiger partial charge < -0.3 is 4.74 Å². The summed E-state index contributed by atoms with van der Waals surface area (Å²) in [5.74, 6) is 0.863. The Balaban J connectivity index is 1.90. The second-order valence-corrected chi connectivity index (χ2v) is 7.35. The second kappa shape index (κ2) is 6.32. The highest BCUT2D eigenvalue weighted by atomic mass is 32.2. The zero-order valence-electron chi connectivity index (χ0n) is 12.2. The molecular weight excluding hydrogens is 304 g/mol. The highest BCUT2D eigenvalue weighted by Crippen LogP contribution is 2.40. The fraction of sp³-hybridized carbons (Fsp3) is 0.533. The molecule has 0 unspecified atom stereocenters. The minimum atomic E-state index is -0.188. The standard InChI is InChI=1S/C15H18N2O2S2/c1-3-19-12(18)7-20-14-13-10-5-4-9(2)6-11(10)21-15(13)17-8-16-14/h8-9H,3-7H2,1-2H3/t9-/m1/s1. The molecule has 1 aliphatic rings. The van der Waals surface area contributed by atoms with Crippen molar-refractivity contribution in [2.45, 2.75) is 38.1 Å². The normalized spacial score (nSPS) is 17.7. The van der Waals surface area contributed by atoms with Gasteiger partial charge in [-0.15, -0.1) is 11.3 Å². The molecule has 3 rings (SSSR count). The number of thioether (sulfide) groups is 1. The van der Waals surface area contributed by atoms with E-state index in [1.165, 1.54) is 34.0 Å². The first-order valence-corrected chi connectivity index (χ1v) is 9.03. The number of ether oxygens (including phenoxy) is 1. The van der Waals surface area contributed by atoms with Crippen LogP contribution in [0.2, 0.25) is 0 Å². The Bertz CT molecular complexity index is 669. The van der Waals surface area contributed by atoms with Crippen LogP contribution in [-0.4, -0.2) is 28.3 Å². The van der Waals surface area contributed by atoms with Crippen molar-refractivity contribution < 1.29 is 9.53 Å². The van der Waals surface area contributed by atoms with Crippen LogP contribution in [-0.2, 0) is 22.4 Å². The van der Waals surface area contributed by atoms with Gasteiger partial charge in [0.2, 0.25) is 0 Å². The molecule has 1 atom stereocenters. The number of hydrogen-bond donors (Lipinski definition) is 0. The Kier molecular flexibility index (Phi) is 4.45. The van der Waals surface area contributed by atoms with Crippen LogP contribution in [0.25, 0.3) is 10.2 Å². The van der Waals surface area contributed by atoms with Crippen molar-refractivity contribution in [1.29, 1.82) is 0 Å². The predicted molar refractivity (Wildman–Crippen MR) is 86.0 cm³/mol. The summed E-state index contributed by atoms with van der Waals surface area (Å²) in [6.45, 7) is 4.54. The van der Waals surface area contributed by atoms with E-state index in [1.54, 1.807) is 17.7 Å². The van der Waals surface area contributed by atoms with E-state index in [4.69, 9.17) is 4.74 Å². The molecule has 2 aromatic heterocycles. The van der Waals surface area contributed by atoms with Crippen LogP contribution in [0.3, 0.4) is 0 Å². The van der Waals surface area contributed by atoms with E-state index >= 15 is 0 Å². The number of rotatable bonds is 4. The van der Waals surface area contributed by atoms with Crippen LogP contribution >= 0.6 is 23.1 Å². The van der Waals surface area contributed by atoms with Crippen molar-refractivity contribution in [1.82, 2.24) is 9.97 Å². The maximum atomic E-state index is 11.5. The average molecular weight is 322 g/mol. The van der Waals surface area contributed by atoms with Crippen molar-refractivity contribution in [3.63, 3.8) is 0 Å². The molecule has 0 N–H and O–H groups in total. The lowest BCUT2D eigenvalue weighted by molar-refractivity contribution is -0.139. The van der Waals surface area contributed by atoms with Gasteiger partial charge in [-0.25, -0.2) is 9.97 Å². The molecule has 1 aliphatic carbocycles. The number of fused-ring (bicyclic) bond motifs is 3. The minimum absolute atomic E-state index is 0.188. The highest BCUT2D eigenvalue weighted by molar-refractivity contribution is 8.00. The number of carbonyl (C=O) groups is 1. The summed E-state index contributed by atoms with van der Waals surface area (Å²) in [5.41, 5.74) is 1.40. The van der Waals surface area contributed by atoms with Gasteiger partial charge in [0.1, 0.15) is 16.2 Å². The maximum Gasteiger partial charge on any atom is 0.316 e. The molecule has 0 aliphatic heterocycles. The molecule has 0 aromatic carbocycles. The molecular formula is C15H18N2O2S2. The maximum absolute atomic E-state index is 11.5. The lowest BCUT2D eigenvalue weighted by Gasteiger charge is -2.18. The van der Waals surface area contributed by atoms with Gasteiger partial charge in [-0.3, -0.25) is 4.79 Å². The average Bonchev–Trinajstić information content (AvgIpc) is 2.83. The Morgan fingerprint density at radius 3 is 3.19 bits per heavy atom. The predicted octanol–water partition coefficient (Wildman–Crippen LogP) is 3.47. The molecule has 6 heteroatoms. The summed E-state index contributed by atoms with van der Waals surface area (Å²) < 4.78 is 4.98. The minimum Gasteiger partial charge on any atom is -0.465 e. The fourth-order valence-electron chi connectivity index (χ4n) is 2.69. The molecule has 0 amide bonds. The number of esters is 1. The van der Waals surface area contributed by atoms with Gasteiger partial charge in [-0.1, -0.05) is 18.7 Å². The van der Waals surface area contributed by atoms with Gasteiger partial charge in [-0.05, 0) is 37.7 Å². The number of nitrogens with zero attached hydrogens (tertiary/aromatic N) is 2. The van der Waals surface area contributed by atoms with Crippen LogP contribution in [0.1, 0.15) is 30.7 Å². The smallest absolute Gasteiger partial charge is 0.316 e. The SMILES string of the molecule is CCOC(=O)CSc1ncnc2sc3c(c12)CC[C@@H](C)C3. The van der Waals surface area contributed by atoms with E-state index in [9.17, 15) is 4.79 Å². The molecule has 0 spiro atoms. The van der Waals surface area contributed by atoms with Crippen molar-refractivity contribution >= 4 is 39.3 Å². The van der Waals surface area contributed by atoms with E-state index in [-0.39, 0.29) is 5.97 Å². The zero-order chi connectivity index (χ0) is 14.8. The second-order valence-electron chi connectivity index (χ2n) is 5.30. The van der Waals surface area contributed by atoms with E-state index in [0.717, 1.165) is 28.6 Å². The summed E-state index contributed by atoms with van der Waals surface area (Å²) in [7, 11) is 0. The monoisotopic (exact) mass is 322 g/mol. The number of hydrogen-bond acceptors (Lipinski definition) is 6. The third-order valence-corrected chi connectivity index (χ3v) is 5.81. The number of aromatic nitrogens is 2. The lowest BCUT2D eigenvalue weighted by atomic mass is 9.89. The quantitative estimate of drug-likeness (QED) is 0.490. The first kappa shape index (κ1) is 14.8. The van der Waals surface area contributed by atoms with Gasteiger partial charge in [0, 0.05) is 10.3 Å². The molecule has 112 valence electrons. The van der Waals surface area contributed by atoms with Crippen LogP contribution in [0, 0.1) is 5.92 Å². The molecule has 21 heavy (non-hydrogen) atoms. The van der Waals surface area contributed by atoms with Gasteiger partial charge in [-0.2, -0.15) is 0 Å². The molecule has 2 heterocycles. The summed E-state index contributed by atoms with van der Waals surface area (Å²) in [4.78, 5) is 22.8. The summed E-state index contributed by atoms with van der Waals surface area (Å²) >= 11 is 3.24. The van der Waals surface area contributed by atoms with E-state index in [1.807, 2.05) is 6.92 Å². The van der Waals surface area contributed by atoms with Gasteiger partial charge in [0.25, 0.3) is 0 Å². The van der Waals surface area contributed by atoms with Crippen LogP contribution in [0.4, 0.5) is 0 Å². The zero-order valence-corrected chi connectivity index (χ0v) is 13.9. The largest absolute Gasteiger partial charge is 0.465 e. The van der Waals surface area contributed by atoms with Gasteiger partial charge in [0.05, 0.1) is 12.4 Å². The molecule has 0 saturated heterocycles. The molecule has 0 bridgehead atoms. The number of aryl methyl sites for hydroxylation is 1. The van der Waals surface area contributed by atoms with E-state index in [0.29, 0.717) is 12.4 Å². The third-order valence-electron chi connectivity index (χ3n) is 3.69. The first-order valence-electron chi connectivity index (χ1n) is 7.22. The summed E-state index contributed by atoms with van der Waals surface area (Å²) in [6, 6.07) is 0. The molecule has 0 radical (unpaired) electrons. The molecule has 4 nitrogen and oxygen atoms in total. The van der Waals surface area contributed by atoms with Crippen LogP contribution in [0.15, 0.2) is 11.4 Å². The van der Waals surface area contributed by atoms with E-state index < -0.39 is 0 Å². The molecule has 0 fully saturated rings. The van der Waals surface area contributed by atoms with Crippen LogP contribution in [0.5, 0.6) is 0 Å². The summed E-state index contributed by atoms with van der Waals surface area (Å²) in [5, 5.41) is 2.08. The highest BCUT2D eigenvalue weighted by Gasteiger charge is 2.23. The lowest BCUT2D eigenvalue weighted by Crippen LogP contribution is -2.09.